The van der Waals surface area contributed by atoms with Crippen LogP contribution in [0.2, 0.25) is 0 Å². The lowest BCUT2D eigenvalue weighted by Gasteiger charge is -2.35. The topological polar surface area (TPSA) is 24.5 Å². The number of hydrogen-bond donors (Lipinski definition) is 1. The molecule has 3 nitrogen and oxygen atoms in total. The van der Waals surface area contributed by atoms with Crippen molar-refractivity contribution in [3.05, 3.63) is 65.7 Å². The predicted octanol–water partition coefficient (Wildman–Crippen LogP) is 4.65. The summed E-state index contributed by atoms with van der Waals surface area (Å²) < 4.78 is 6.06. The molecular formula is C23H32N2O. The minimum atomic E-state index is 0.486. The first-order valence-electron chi connectivity index (χ1n) is 9.94. The van der Waals surface area contributed by atoms with Crippen molar-refractivity contribution in [1.29, 1.82) is 0 Å². The summed E-state index contributed by atoms with van der Waals surface area (Å²) in [4.78, 5) is 2.63. The number of hydrogen-bond acceptors (Lipinski definition) is 3. The summed E-state index contributed by atoms with van der Waals surface area (Å²) in [5.74, 6) is 1.70. The molecule has 0 aliphatic carbocycles. The minimum Gasteiger partial charge on any atom is -0.489 e. The quantitative estimate of drug-likeness (QED) is 0.748. The van der Waals surface area contributed by atoms with Crippen molar-refractivity contribution < 1.29 is 4.74 Å². The molecule has 0 saturated carbocycles. The van der Waals surface area contributed by atoms with Crippen LogP contribution in [0.3, 0.4) is 0 Å². The summed E-state index contributed by atoms with van der Waals surface area (Å²) in [5, 5.41) is 3.47. The van der Waals surface area contributed by atoms with Crippen LogP contribution in [-0.2, 0) is 6.61 Å². The second-order valence-electron chi connectivity index (χ2n) is 7.62. The molecule has 1 saturated heterocycles. The molecule has 0 bridgehead atoms. The van der Waals surface area contributed by atoms with E-state index in [4.69, 9.17) is 4.74 Å². The summed E-state index contributed by atoms with van der Waals surface area (Å²) in [7, 11) is 0. The van der Waals surface area contributed by atoms with Crippen molar-refractivity contribution in [1.82, 2.24) is 10.2 Å². The van der Waals surface area contributed by atoms with Gasteiger partial charge in [-0.3, -0.25) is 4.90 Å². The van der Waals surface area contributed by atoms with E-state index in [9.17, 15) is 0 Å². The fraction of sp³-hybridized carbons (Fsp3) is 0.478. The van der Waals surface area contributed by atoms with Gasteiger partial charge in [-0.05, 0) is 42.0 Å². The highest BCUT2D eigenvalue weighted by molar-refractivity contribution is 5.31. The fourth-order valence-electron chi connectivity index (χ4n) is 3.60. The Bertz CT molecular complexity index is 650. The van der Waals surface area contributed by atoms with E-state index in [2.05, 4.69) is 72.6 Å². The van der Waals surface area contributed by atoms with Crippen molar-refractivity contribution in [3.8, 4) is 5.75 Å². The van der Waals surface area contributed by atoms with Crippen molar-refractivity contribution in [2.75, 3.05) is 26.2 Å². The number of rotatable bonds is 8. The van der Waals surface area contributed by atoms with E-state index in [1.165, 1.54) is 24.0 Å². The molecule has 0 aromatic heterocycles. The molecule has 0 radical (unpaired) electrons. The summed E-state index contributed by atoms with van der Waals surface area (Å²) in [5.41, 5.74) is 2.59. The number of nitrogens with zero attached hydrogens (tertiary/aromatic N) is 1. The molecular weight excluding hydrogens is 320 g/mol. The molecule has 0 unspecified atom stereocenters. The summed E-state index contributed by atoms with van der Waals surface area (Å²) in [6, 6.07) is 19.6. The number of nitrogens with one attached hydrogen (secondary N) is 1. The van der Waals surface area contributed by atoms with Crippen LogP contribution in [0.4, 0.5) is 0 Å². The zero-order valence-corrected chi connectivity index (χ0v) is 16.2. The van der Waals surface area contributed by atoms with Gasteiger partial charge in [0, 0.05) is 32.2 Å². The first-order valence-corrected chi connectivity index (χ1v) is 9.94. The molecule has 3 rings (SSSR count). The molecule has 0 spiro atoms. The number of piperazine rings is 1. The number of ether oxygens (including phenoxy) is 1. The molecule has 1 aliphatic heterocycles. The molecule has 1 aliphatic rings. The largest absolute Gasteiger partial charge is 0.489 e. The maximum Gasteiger partial charge on any atom is 0.120 e. The van der Waals surface area contributed by atoms with Gasteiger partial charge in [-0.2, -0.15) is 0 Å². The molecule has 3 heteroatoms. The highest BCUT2D eigenvalue weighted by atomic mass is 16.5. The van der Waals surface area contributed by atoms with E-state index in [-0.39, 0.29) is 0 Å². The maximum atomic E-state index is 6.06. The molecule has 1 fully saturated rings. The summed E-state index contributed by atoms with van der Waals surface area (Å²) >= 11 is 0. The third-order valence-electron chi connectivity index (χ3n) is 5.10. The van der Waals surface area contributed by atoms with E-state index in [0.717, 1.165) is 37.8 Å². The first kappa shape index (κ1) is 18.9. The monoisotopic (exact) mass is 352 g/mol. The zero-order chi connectivity index (χ0) is 18.2. The first-order chi connectivity index (χ1) is 12.7. The molecule has 1 atom stereocenters. The van der Waals surface area contributed by atoms with Crippen LogP contribution in [0.25, 0.3) is 0 Å². The molecule has 1 N–H and O–H groups in total. The molecule has 0 amide bonds. The molecule has 1 heterocycles. The van der Waals surface area contributed by atoms with Gasteiger partial charge in [-0.1, -0.05) is 56.3 Å². The van der Waals surface area contributed by atoms with E-state index in [1.807, 2.05) is 6.07 Å². The fourth-order valence-corrected chi connectivity index (χ4v) is 3.60. The van der Waals surface area contributed by atoms with Crippen LogP contribution in [0.15, 0.2) is 54.6 Å². The van der Waals surface area contributed by atoms with Gasteiger partial charge < -0.3 is 10.1 Å². The van der Waals surface area contributed by atoms with Gasteiger partial charge in [-0.15, -0.1) is 0 Å². The average Bonchev–Trinajstić information content (AvgIpc) is 2.68. The Hall–Kier alpha value is -1.84. The van der Waals surface area contributed by atoms with Gasteiger partial charge in [-0.25, -0.2) is 0 Å². The Morgan fingerprint density at radius 1 is 0.962 bits per heavy atom. The predicted molar refractivity (Wildman–Crippen MR) is 108 cm³/mol. The van der Waals surface area contributed by atoms with Gasteiger partial charge in [0.15, 0.2) is 0 Å². The van der Waals surface area contributed by atoms with Crippen LogP contribution in [0.5, 0.6) is 5.75 Å². The van der Waals surface area contributed by atoms with E-state index >= 15 is 0 Å². The van der Waals surface area contributed by atoms with Gasteiger partial charge >= 0.3 is 0 Å². The number of benzene rings is 2. The lowest BCUT2D eigenvalue weighted by molar-refractivity contribution is 0.159. The Morgan fingerprint density at radius 3 is 2.46 bits per heavy atom. The average molecular weight is 353 g/mol. The zero-order valence-electron chi connectivity index (χ0n) is 16.2. The van der Waals surface area contributed by atoms with Crippen molar-refractivity contribution in [2.24, 2.45) is 5.92 Å². The van der Waals surface area contributed by atoms with Gasteiger partial charge in [0.05, 0.1) is 0 Å². The Labute approximate surface area is 158 Å². The minimum absolute atomic E-state index is 0.486. The Morgan fingerprint density at radius 2 is 1.73 bits per heavy atom. The highest BCUT2D eigenvalue weighted by Crippen LogP contribution is 2.30. The van der Waals surface area contributed by atoms with Crippen molar-refractivity contribution >= 4 is 0 Å². The molecule has 2 aromatic rings. The van der Waals surface area contributed by atoms with E-state index < -0.39 is 0 Å². The third-order valence-corrected chi connectivity index (χ3v) is 5.10. The summed E-state index contributed by atoms with van der Waals surface area (Å²) in [6.45, 7) is 9.66. The summed E-state index contributed by atoms with van der Waals surface area (Å²) in [6.07, 6.45) is 2.46. The lowest BCUT2D eigenvalue weighted by Crippen LogP contribution is -2.45. The normalized spacial score (nSPS) is 16.6. The second-order valence-corrected chi connectivity index (χ2v) is 7.62. The Balaban J connectivity index is 1.70. The van der Waals surface area contributed by atoms with Gasteiger partial charge in [0.2, 0.25) is 0 Å². The second kappa shape index (κ2) is 9.75. The van der Waals surface area contributed by atoms with Crippen LogP contribution in [-0.4, -0.2) is 31.1 Å². The molecule has 26 heavy (non-hydrogen) atoms. The van der Waals surface area contributed by atoms with Crippen LogP contribution >= 0.6 is 0 Å². The van der Waals surface area contributed by atoms with E-state index in [0.29, 0.717) is 12.6 Å². The van der Waals surface area contributed by atoms with Crippen LogP contribution in [0, 0.1) is 5.92 Å². The third kappa shape index (κ3) is 5.58. The highest BCUT2D eigenvalue weighted by Gasteiger charge is 2.22. The van der Waals surface area contributed by atoms with Crippen molar-refractivity contribution in [3.63, 3.8) is 0 Å². The van der Waals surface area contributed by atoms with Crippen LogP contribution in [0.1, 0.15) is 43.9 Å². The van der Waals surface area contributed by atoms with Crippen LogP contribution < -0.4 is 10.1 Å². The molecule has 2 aromatic carbocycles. The lowest BCUT2D eigenvalue weighted by atomic mass is 9.95. The standard InChI is InChI=1S/C23H32N2O/c1-19(2)11-12-23(25-15-13-24-14-16-25)21-9-6-10-22(17-21)26-18-20-7-4-3-5-8-20/h3-10,17,19,23-24H,11-16,18H2,1-2H3/t23-/m1/s1. The van der Waals surface area contributed by atoms with E-state index in [1.54, 1.807) is 0 Å². The molecule has 140 valence electrons. The SMILES string of the molecule is CC(C)CC[C@H](c1cccc(OCc2ccccc2)c1)N1CCNCC1. The van der Waals surface area contributed by atoms with Crippen molar-refractivity contribution in [2.45, 2.75) is 39.3 Å². The van der Waals surface area contributed by atoms with Gasteiger partial charge in [0.1, 0.15) is 12.4 Å². The smallest absolute Gasteiger partial charge is 0.120 e. The Kier molecular flexibility index (Phi) is 7.10. The van der Waals surface area contributed by atoms with Gasteiger partial charge in [0.25, 0.3) is 0 Å². The maximum absolute atomic E-state index is 6.06.